The van der Waals surface area contributed by atoms with Gasteiger partial charge in [0.05, 0.1) is 13.2 Å². The second-order valence-corrected chi connectivity index (χ2v) is 7.78. The topological polar surface area (TPSA) is 88.9 Å². The van der Waals surface area contributed by atoms with Crippen LogP contribution in [0.4, 0.5) is 5.69 Å². The van der Waals surface area contributed by atoms with Gasteiger partial charge < -0.3 is 14.5 Å². The number of amides is 1. The third-order valence-corrected chi connectivity index (χ3v) is 5.78. The molecule has 0 radical (unpaired) electrons. The van der Waals surface area contributed by atoms with Crippen molar-refractivity contribution < 1.29 is 22.4 Å². The molecule has 1 fully saturated rings. The Morgan fingerprint density at radius 3 is 2.56 bits per heavy atom. The summed E-state index contributed by atoms with van der Waals surface area (Å²) in [4.78, 5) is 12.4. The lowest BCUT2D eigenvalue weighted by Crippen LogP contribution is -2.40. The van der Waals surface area contributed by atoms with E-state index in [1.807, 2.05) is 32.0 Å². The van der Waals surface area contributed by atoms with Crippen molar-refractivity contribution in [3.05, 3.63) is 47.2 Å². The first-order valence-corrected chi connectivity index (χ1v) is 9.38. The fraction of sp³-hybridized carbons (Fsp3) is 0.353. The van der Waals surface area contributed by atoms with Crippen molar-refractivity contribution in [2.75, 3.05) is 31.6 Å². The molecule has 0 bridgehead atoms. The van der Waals surface area contributed by atoms with E-state index in [2.05, 4.69) is 5.32 Å². The number of rotatable bonds is 4. The maximum Gasteiger partial charge on any atom is 0.291 e. The molecule has 1 saturated heterocycles. The van der Waals surface area contributed by atoms with Crippen LogP contribution >= 0.6 is 0 Å². The summed E-state index contributed by atoms with van der Waals surface area (Å²) in [5.74, 6) is -0.537. The van der Waals surface area contributed by atoms with Gasteiger partial charge in [0.15, 0.2) is 5.76 Å². The number of hydrogen-bond acceptors (Lipinski definition) is 5. The Kier molecular flexibility index (Phi) is 4.94. The summed E-state index contributed by atoms with van der Waals surface area (Å²) in [6.07, 6.45) is 0. The standard InChI is InChI=1S/C17H20N2O5S/c1-12-3-4-13(2)14(11-12)18-17(20)15-5-6-16(24-15)25(21,22)19-7-9-23-10-8-19/h3-6,11H,7-10H2,1-2H3,(H,18,20). The molecule has 7 nitrogen and oxygen atoms in total. The van der Waals surface area contributed by atoms with Gasteiger partial charge >= 0.3 is 0 Å². The number of ether oxygens (including phenoxy) is 1. The van der Waals surface area contributed by atoms with Gasteiger partial charge in [0.1, 0.15) is 0 Å². The monoisotopic (exact) mass is 364 g/mol. The zero-order chi connectivity index (χ0) is 18.0. The minimum atomic E-state index is -3.76. The van der Waals surface area contributed by atoms with E-state index in [1.54, 1.807) is 0 Å². The minimum Gasteiger partial charge on any atom is -0.438 e. The van der Waals surface area contributed by atoms with E-state index in [0.29, 0.717) is 18.9 Å². The minimum absolute atomic E-state index is 0.0484. The normalized spacial score (nSPS) is 15.9. The van der Waals surface area contributed by atoms with Crippen LogP contribution < -0.4 is 5.32 Å². The number of hydrogen-bond donors (Lipinski definition) is 1. The number of nitrogens with zero attached hydrogens (tertiary/aromatic N) is 1. The molecule has 0 atom stereocenters. The maximum atomic E-state index is 12.5. The molecule has 1 aliphatic heterocycles. The Morgan fingerprint density at radius 1 is 1.12 bits per heavy atom. The average molecular weight is 364 g/mol. The van der Waals surface area contributed by atoms with Crippen molar-refractivity contribution in [3.63, 3.8) is 0 Å². The molecule has 0 spiro atoms. The Balaban J connectivity index is 1.78. The van der Waals surface area contributed by atoms with Crippen LogP contribution in [0.2, 0.25) is 0 Å². The van der Waals surface area contributed by atoms with Gasteiger partial charge in [-0.1, -0.05) is 12.1 Å². The maximum absolute atomic E-state index is 12.5. The molecule has 0 unspecified atom stereocenters. The van der Waals surface area contributed by atoms with Gasteiger partial charge in [-0.15, -0.1) is 0 Å². The zero-order valence-electron chi connectivity index (χ0n) is 14.1. The van der Waals surface area contributed by atoms with Gasteiger partial charge in [-0.05, 0) is 43.2 Å². The highest BCUT2D eigenvalue weighted by Crippen LogP contribution is 2.22. The lowest BCUT2D eigenvalue weighted by Gasteiger charge is -2.24. The largest absolute Gasteiger partial charge is 0.438 e. The Labute approximate surface area is 146 Å². The zero-order valence-corrected chi connectivity index (χ0v) is 14.9. The van der Waals surface area contributed by atoms with Crippen LogP contribution in [-0.2, 0) is 14.8 Å². The number of sulfonamides is 1. The van der Waals surface area contributed by atoms with Gasteiger partial charge in [0.2, 0.25) is 5.09 Å². The summed E-state index contributed by atoms with van der Waals surface area (Å²) in [7, 11) is -3.76. The van der Waals surface area contributed by atoms with Crippen LogP contribution in [-0.4, -0.2) is 44.9 Å². The summed E-state index contributed by atoms with van der Waals surface area (Å²) in [5.41, 5.74) is 2.58. The second kappa shape index (κ2) is 6.99. The number of benzene rings is 1. The Bertz CT molecular complexity index is 882. The molecular weight excluding hydrogens is 344 g/mol. The second-order valence-electron chi connectivity index (χ2n) is 5.91. The summed E-state index contributed by atoms with van der Waals surface area (Å²) < 4.78 is 36.8. The van der Waals surface area contributed by atoms with E-state index in [1.165, 1.54) is 16.4 Å². The number of carbonyl (C=O) groups excluding carboxylic acids is 1. The Hall–Kier alpha value is -2.16. The van der Waals surface area contributed by atoms with Crippen LogP contribution in [0, 0.1) is 13.8 Å². The molecule has 2 heterocycles. The Morgan fingerprint density at radius 2 is 1.84 bits per heavy atom. The first-order chi connectivity index (χ1) is 11.9. The molecule has 3 rings (SSSR count). The molecule has 1 N–H and O–H groups in total. The van der Waals surface area contributed by atoms with Crippen molar-refractivity contribution in [1.29, 1.82) is 0 Å². The van der Waals surface area contributed by atoms with Crippen molar-refractivity contribution in [2.24, 2.45) is 0 Å². The molecule has 1 aromatic heterocycles. The molecule has 1 amide bonds. The number of morpholine rings is 1. The lowest BCUT2D eigenvalue weighted by atomic mass is 10.1. The number of carbonyl (C=O) groups is 1. The van der Waals surface area contributed by atoms with Crippen LogP contribution in [0.1, 0.15) is 21.7 Å². The van der Waals surface area contributed by atoms with E-state index >= 15 is 0 Å². The van der Waals surface area contributed by atoms with Crippen LogP contribution in [0.3, 0.4) is 0 Å². The van der Waals surface area contributed by atoms with Crippen LogP contribution in [0.5, 0.6) is 0 Å². The number of anilines is 1. The van der Waals surface area contributed by atoms with E-state index in [4.69, 9.17) is 9.15 Å². The molecule has 134 valence electrons. The fourth-order valence-corrected chi connectivity index (χ4v) is 3.87. The first-order valence-electron chi connectivity index (χ1n) is 7.94. The highest BCUT2D eigenvalue weighted by atomic mass is 32.2. The third kappa shape index (κ3) is 3.76. The van der Waals surface area contributed by atoms with Gasteiger partial charge in [-0.3, -0.25) is 4.79 Å². The SMILES string of the molecule is Cc1ccc(C)c(NC(=O)c2ccc(S(=O)(=O)N3CCOCC3)o2)c1. The van der Waals surface area contributed by atoms with E-state index < -0.39 is 15.9 Å². The quantitative estimate of drug-likeness (QED) is 0.898. The molecule has 1 aliphatic rings. The molecular formula is C17H20N2O5S. The third-order valence-electron chi connectivity index (χ3n) is 4.01. The molecule has 2 aromatic rings. The van der Waals surface area contributed by atoms with Crippen LogP contribution in [0.15, 0.2) is 39.8 Å². The van der Waals surface area contributed by atoms with Crippen molar-refractivity contribution in [3.8, 4) is 0 Å². The number of furan rings is 1. The van der Waals surface area contributed by atoms with E-state index in [9.17, 15) is 13.2 Å². The van der Waals surface area contributed by atoms with Crippen LogP contribution in [0.25, 0.3) is 0 Å². The fourth-order valence-electron chi connectivity index (χ4n) is 2.55. The number of nitrogens with one attached hydrogen (secondary N) is 1. The summed E-state index contributed by atoms with van der Waals surface area (Å²) in [6, 6.07) is 8.38. The molecule has 0 aliphatic carbocycles. The van der Waals surface area contributed by atoms with Crippen molar-refractivity contribution >= 4 is 21.6 Å². The summed E-state index contributed by atoms with van der Waals surface area (Å²) >= 11 is 0. The highest BCUT2D eigenvalue weighted by molar-refractivity contribution is 7.89. The summed E-state index contributed by atoms with van der Waals surface area (Å²) in [6.45, 7) is 5.04. The average Bonchev–Trinajstić information content (AvgIpc) is 3.10. The molecule has 1 aromatic carbocycles. The van der Waals surface area contributed by atoms with Crippen molar-refractivity contribution in [1.82, 2.24) is 4.31 Å². The summed E-state index contributed by atoms with van der Waals surface area (Å²) in [5, 5.41) is 2.51. The van der Waals surface area contributed by atoms with Crippen molar-refractivity contribution in [2.45, 2.75) is 18.9 Å². The van der Waals surface area contributed by atoms with Gasteiger partial charge in [-0.25, -0.2) is 8.42 Å². The predicted molar refractivity (Wildman–Crippen MR) is 92.2 cm³/mol. The van der Waals surface area contributed by atoms with Gasteiger partial charge in [-0.2, -0.15) is 4.31 Å². The first kappa shape index (κ1) is 17.7. The smallest absolute Gasteiger partial charge is 0.291 e. The van der Waals surface area contributed by atoms with E-state index in [0.717, 1.165) is 11.1 Å². The van der Waals surface area contributed by atoms with Gasteiger partial charge in [0.25, 0.3) is 15.9 Å². The van der Waals surface area contributed by atoms with Gasteiger partial charge in [0, 0.05) is 18.8 Å². The molecule has 0 saturated carbocycles. The lowest BCUT2D eigenvalue weighted by molar-refractivity contribution is 0.0723. The predicted octanol–water partition coefficient (Wildman–Crippen LogP) is 2.17. The highest BCUT2D eigenvalue weighted by Gasteiger charge is 2.30. The molecule has 25 heavy (non-hydrogen) atoms. The number of aryl methyl sites for hydroxylation is 2. The molecule has 8 heteroatoms. The van der Waals surface area contributed by atoms with E-state index in [-0.39, 0.29) is 23.9 Å².